The van der Waals surface area contributed by atoms with Crippen LogP contribution in [-0.2, 0) is 4.79 Å². The van der Waals surface area contributed by atoms with Gasteiger partial charge in [-0.3, -0.25) is 4.79 Å². The van der Waals surface area contributed by atoms with Gasteiger partial charge in [-0.2, -0.15) is 0 Å². The molecule has 1 saturated carbocycles. The summed E-state index contributed by atoms with van der Waals surface area (Å²) in [6.07, 6.45) is 5.88. The van der Waals surface area contributed by atoms with Crippen molar-refractivity contribution in [1.29, 1.82) is 0 Å². The third-order valence-electron chi connectivity index (χ3n) is 5.88. The Bertz CT molecular complexity index is 861. The Balaban J connectivity index is 1.30. The fraction of sp³-hybridized carbons (Fsp3) is 0.520. The minimum atomic E-state index is 0.111. The fourth-order valence-corrected chi connectivity index (χ4v) is 4.02. The molecule has 1 saturated heterocycles. The lowest BCUT2D eigenvalue weighted by Crippen LogP contribution is -2.24. The quantitative estimate of drug-likeness (QED) is 0.584. The Morgan fingerprint density at radius 2 is 1.90 bits per heavy atom. The summed E-state index contributed by atoms with van der Waals surface area (Å²) in [5.41, 5.74) is 2.33. The van der Waals surface area contributed by atoms with Gasteiger partial charge in [0.05, 0.1) is 12.6 Å². The number of aromatic nitrogens is 1. The van der Waals surface area contributed by atoms with Crippen molar-refractivity contribution < 1.29 is 14.3 Å². The number of carbonyl (C=O) groups is 1. The number of ether oxygens (including phenoxy) is 2. The van der Waals surface area contributed by atoms with Crippen molar-refractivity contribution in [3.05, 3.63) is 48.2 Å². The maximum Gasteiger partial charge on any atom is 0.215 e. The van der Waals surface area contributed by atoms with Gasteiger partial charge in [0, 0.05) is 43.3 Å². The maximum atomic E-state index is 12.1. The normalized spacial score (nSPS) is 19.7. The van der Waals surface area contributed by atoms with E-state index < -0.39 is 0 Å². The van der Waals surface area contributed by atoms with E-state index in [0.29, 0.717) is 24.0 Å². The van der Waals surface area contributed by atoms with E-state index in [-0.39, 0.29) is 18.1 Å². The third kappa shape index (κ3) is 5.32. The SMILES string of the molecule is CC(C)Oc1cc(N2CCC(Oc3ccc([C@H](C)CC(=O)C4CC4)cc3)C2)ccn1. The summed E-state index contributed by atoms with van der Waals surface area (Å²) in [7, 11) is 0. The van der Waals surface area contributed by atoms with E-state index in [2.05, 4.69) is 28.9 Å². The lowest BCUT2D eigenvalue weighted by molar-refractivity contribution is -0.120. The van der Waals surface area contributed by atoms with Gasteiger partial charge in [-0.25, -0.2) is 4.98 Å². The van der Waals surface area contributed by atoms with Gasteiger partial charge < -0.3 is 14.4 Å². The third-order valence-corrected chi connectivity index (χ3v) is 5.88. The number of hydrogen-bond donors (Lipinski definition) is 0. The van der Waals surface area contributed by atoms with Crippen LogP contribution in [0.2, 0.25) is 0 Å². The smallest absolute Gasteiger partial charge is 0.215 e. The highest BCUT2D eigenvalue weighted by molar-refractivity contribution is 5.83. The monoisotopic (exact) mass is 408 g/mol. The lowest BCUT2D eigenvalue weighted by atomic mass is 9.94. The largest absolute Gasteiger partial charge is 0.489 e. The van der Waals surface area contributed by atoms with Crippen LogP contribution >= 0.6 is 0 Å². The van der Waals surface area contributed by atoms with Crippen LogP contribution < -0.4 is 14.4 Å². The van der Waals surface area contributed by atoms with Crippen LogP contribution in [-0.4, -0.2) is 36.1 Å². The molecule has 1 aliphatic carbocycles. The molecule has 0 radical (unpaired) electrons. The molecular formula is C25H32N2O3. The molecule has 5 heteroatoms. The molecule has 1 aromatic heterocycles. The van der Waals surface area contributed by atoms with Crippen LogP contribution in [0.15, 0.2) is 42.6 Å². The number of anilines is 1. The van der Waals surface area contributed by atoms with E-state index in [9.17, 15) is 4.79 Å². The Labute approximate surface area is 179 Å². The molecule has 160 valence electrons. The van der Waals surface area contributed by atoms with Gasteiger partial charge in [0.25, 0.3) is 0 Å². The average molecular weight is 409 g/mol. The van der Waals surface area contributed by atoms with Gasteiger partial charge in [-0.15, -0.1) is 0 Å². The summed E-state index contributed by atoms with van der Waals surface area (Å²) in [5, 5.41) is 0. The Kier molecular flexibility index (Phi) is 6.26. The molecular weight excluding hydrogens is 376 g/mol. The van der Waals surface area contributed by atoms with Crippen LogP contribution in [0.1, 0.15) is 57.9 Å². The molecule has 0 bridgehead atoms. The summed E-state index contributed by atoms with van der Waals surface area (Å²) in [4.78, 5) is 18.7. The number of Topliss-reactive ketones (excluding diaryl/α,β-unsaturated/α-hetero) is 1. The topological polar surface area (TPSA) is 51.7 Å². The molecule has 30 heavy (non-hydrogen) atoms. The lowest BCUT2D eigenvalue weighted by Gasteiger charge is -2.20. The molecule has 0 amide bonds. The maximum absolute atomic E-state index is 12.1. The second kappa shape index (κ2) is 9.07. The minimum absolute atomic E-state index is 0.111. The van der Waals surface area contributed by atoms with Crippen LogP contribution in [0.4, 0.5) is 5.69 Å². The molecule has 2 aromatic rings. The van der Waals surface area contributed by atoms with E-state index in [1.807, 2.05) is 38.1 Å². The van der Waals surface area contributed by atoms with Crippen molar-refractivity contribution in [1.82, 2.24) is 4.98 Å². The van der Waals surface area contributed by atoms with Gasteiger partial charge in [-0.1, -0.05) is 19.1 Å². The van der Waals surface area contributed by atoms with Crippen molar-refractivity contribution in [2.24, 2.45) is 5.92 Å². The number of nitrogens with zero attached hydrogens (tertiary/aromatic N) is 2. The van der Waals surface area contributed by atoms with Crippen molar-refractivity contribution >= 4 is 11.5 Å². The van der Waals surface area contributed by atoms with E-state index in [4.69, 9.17) is 9.47 Å². The zero-order valence-electron chi connectivity index (χ0n) is 18.2. The van der Waals surface area contributed by atoms with E-state index in [1.54, 1.807) is 6.20 Å². The van der Waals surface area contributed by atoms with Crippen molar-refractivity contribution in [2.75, 3.05) is 18.0 Å². The van der Waals surface area contributed by atoms with Crippen molar-refractivity contribution in [3.63, 3.8) is 0 Å². The number of ketones is 1. The van der Waals surface area contributed by atoms with Gasteiger partial charge >= 0.3 is 0 Å². The van der Waals surface area contributed by atoms with Gasteiger partial charge in [0.2, 0.25) is 5.88 Å². The van der Waals surface area contributed by atoms with Gasteiger partial charge in [0.15, 0.2) is 0 Å². The zero-order valence-corrected chi connectivity index (χ0v) is 18.2. The van der Waals surface area contributed by atoms with Crippen LogP contribution in [0, 0.1) is 5.92 Å². The Morgan fingerprint density at radius 1 is 1.13 bits per heavy atom. The number of rotatable bonds is 9. The second-order valence-electron chi connectivity index (χ2n) is 8.91. The molecule has 2 aliphatic rings. The summed E-state index contributed by atoms with van der Waals surface area (Å²) >= 11 is 0. The molecule has 0 N–H and O–H groups in total. The predicted octanol–water partition coefficient (Wildman–Crippen LogP) is 5.00. The highest BCUT2D eigenvalue weighted by atomic mass is 16.5. The van der Waals surface area contributed by atoms with E-state index in [0.717, 1.165) is 43.8 Å². The van der Waals surface area contributed by atoms with Crippen molar-refractivity contribution in [2.45, 2.75) is 64.6 Å². The highest BCUT2D eigenvalue weighted by Gasteiger charge is 2.30. The fourth-order valence-electron chi connectivity index (χ4n) is 4.02. The summed E-state index contributed by atoms with van der Waals surface area (Å²) in [6.45, 7) is 7.94. The molecule has 1 aliphatic heterocycles. The predicted molar refractivity (Wildman–Crippen MR) is 118 cm³/mol. The number of hydrogen-bond acceptors (Lipinski definition) is 5. The molecule has 2 heterocycles. The van der Waals surface area contributed by atoms with Crippen molar-refractivity contribution in [3.8, 4) is 11.6 Å². The number of carbonyl (C=O) groups excluding carboxylic acids is 1. The Morgan fingerprint density at radius 3 is 2.60 bits per heavy atom. The van der Waals surface area contributed by atoms with Crippen LogP contribution in [0.25, 0.3) is 0 Å². The first-order chi connectivity index (χ1) is 14.5. The molecule has 4 rings (SSSR count). The number of benzene rings is 1. The Hall–Kier alpha value is -2.56. The molecule has 2 atom stereocenters. The first kappa shape index (κ1) is 20.7. The highest BCUT2D eigenvalue weighted by Crippen LogP contribution is 2.34. The first-order valence-electron chi connectivity index (χ1n) is 11.1. The summed E-state index contributed by atoms with van der Waals surface area (Å²) in [6, 6.07) is 12.3. The van der Waals surface area contributed by atoms with Crippen LogP contribution in [0.3, 0.4) is 0 Å². The molecule has 0 spiro atoms. The molecule has 2 fully saturated rings. The van der Waals surface area contributed by atoms with E-state index >= 15 is 0 Å². The molecule has 1 aromatic carbocycles. The van der Waals surface area contributed by atoms with E-state index in [1.165, 1.54) is 5.56 Å². The van der Waals surface area contributed by atoms with Gasteiger partial charge in [-0.05, 0) is 56.4 Å². The van der Waals surface area contributed by atoms with Crippen LogP contribution in [0.5, 0.6) is 11.6 Å². The summed E-state index contributed by atoms with van der Waals surface area (Å²) in [5.74, 6) is 2.59. The second-order valence-corrected chi connectivity index (χ2v) is 8.91. The average Bonchev–Trinajstić information content (AvgIpc) is 3.48. The molecule has 5 nitrogen and oxygen atoms in total. The standard InChI is InChI=1S/C25H32N2O3/c1-17(2)29-25-15-21(10-12-26-25)27-13-11-23(16-27)30-22-8-6-19(7-9-22)18(3)14-24(28)20-4-5-20/h6-10,12,15,17-18,20,23H,4-5,11,13-14,16H2,1-3H3/t18-,23?/m1/s1. The summed E-state index contributed by atoms with van der Waals surface area (Å²) < 4.78 is 11.9. The first-order valence-corrected chi connectivity index (χ1v) is 11.1. The molecule has 1 unspecified atom stereocenters. The zero-order chi connectivity index (χ0) is 21.1. The minimum Gasteiger partial charge on any atom is -0.489 e. The van der Waals surface area contributed by atoms with Gasteiger partial charge in [0.1, 0.15) is 17.6 Å². The number of pyridine rings is 1.